The molecule has 0 spiro atoms. The summed E-state index contributed by atoms with van der Waals surface area (Å²) in [4.78, 5) is 37.8. The Balaban J connectivity index is 2.01. The average Bonchev–Trinajstić information content (AvgIpc) is 3.04. The fraction of sp³-hybridized carbons (Fsp3) is 0.500. The van der Waals surface area contributed by atoms with Gasteiger partial charge in [-0.2, -0.15) is 0 Å². The highest BCUT2D eigenvalue weighted by Gasteiger charge is 2.34. The molecule has 0 saturated carbocycles. The van der Waals surface area contributed by atoms with Crippen molar-refractivity contribution in [2.24, 2.45) is 5.92 Å². The molecule has 1 aliphatic heterocycles. The van der Waals surface area contributed by atoms with Crippen LogP contribution in [0.3, 0.4) is 0 Å². The van der Waals surface area contributed by atoms with Gasteiger partial charge < -0.3 is 15.3 Å². The van der Waals surface area contributed by atoms with Gasteiger partial charge in [0.25, 0.3) is 0 Å². The van der Waals surface area contributed by atoms with Gasteiger partial charge in [-0.15, -0.1) is 11.8 Å². The minimum absolute atomic E-state index is 0.0151. The molecule has 6 nitrogen and oxygen atoms in total. The Bertz CT molecular complexity index is 648. The molecule has 1 unspecified atom stereocenters. The first-order valence-corrected chi connectivity index (χ1v) is 9.51. The number of carbonyl (C=O) groups excluding carboxylic acids is 2. The van der Waals surface area contributed by atoms with Gasteiger partial charge in [0, 0.05) is 12.3 Å². The van der Waals surface area contributed by atoms with Crippen LogP contribution in [0.2, 0.25) is 0 Å². The lowest BCUT2D eigenvalue weighted by Gasteiger charge is -2.23. The van der Waals surface area contributed by atoms with Crippen LogP contribution in [-0.4, -0.2) is 52.0 Å². The molecule has 1 heterocycles. The quantitative estimate of drug-likeness (QED) is 0.773. The van der Waals surface area contributed by atoms with Gasteiger partial charge in [0.05, 0.1) is 17.9 Å². The van der Waals surface area contributed by atoms with E-state index in [0.717, 1.165) is 6.42 Å². The summed E-state index contributed by atoms with van der Waals surface area (Å²) >= 11 is 1.54. The van der Waals surface area contributed by atoms with E-state index in [9.17, 15) is 19.5 Å². The normalized spacial score (nSPS) is 16.9. The third kappa shape index (κ3) is 5.22. The van der Waals surface area contributed by atoms with Crippen molar-refractivity contribution in [1.29, 1.82) is 0 Å². The van der Waals surface area contributed by atoms with Crippen molar-refractivity contribution in [3.63, 3.8) is 0 Å². The van der Waals surface area contributed by atoms with E-state index in [0.29, 0.717) is 29.7 Å². The maximum absolute atomic E-state index is 12.6. The summed E-state index contributed by atoms with van der Waals surface area (Å²) in [5, 5.41) is 12.1. The smallest absolute Gasteiger partial charge is 0.335 e. The van der Waals surface area contributed by atoms with E-state index in [1.807, 2.05) is 0 Å². The highest BCUT2D eigenvalue weighted by molar-refractivity contribution is 7.99. The summed E-state index contributed by atoms with van der Waals surface area (Å²) < 4.78 is 0. The van der Waals surface area contributed by atoms with Crippen LogP contribution in [0.15, 0.2) is 24.3 Å². The first-order valence-electron chi connectivity index (χ1n) is 8.36. The predicted octanol–water partition coefficient (Wildman–Crippen LogP) is 1.99. The SMILES string of the molecule is CC(C)CCNC(=O)C1CSCN1C(=O)Cc1ccccc1C(=O)O. The van der Waals surface area contributed by atoms with Gasteiger partial charge in [0.1, 0.15) is 6.04 Å². The van der Waals surface area contributed by atoms with Crippen molar-refractivity contribution in [1.82, 2.24) is 10.2 Å². The van der Waals surface area contributed by atoms with E-state index >= 15 is 0 Å². The molecule has 1 aliphatic rings. The Hall–Kier alpha value is -2.02. The fourth-order valence-corrected chi connectivity index (χ4v) is 3.84. The predicted molar refractivity (Wildman–Crippen MR) is 97.5 cm³/mol. The molecule has 25 heavy (non-hydrogen) atoms. The number of carboxylic acids is 1. The lowest BCUT2D eigenvalue weighted by Crippen LogP contribution is -2.48. The number of hydrogen-bond acceptors (Lipinski definition) is 4. The zero-order chi connectivity index (χ0) is 18.4. The summed E-state index contributed by atoms with van der Waals surface area (Å²) in [6.07, 6.45) is 0.879. The number of nitrogens with one attached hydrogen (secondary N) is 1. The van der Waals surface area contributed by atoms with Gasteiger partial charge in [0.15, 0.2) is 0 Å². The highest BCUT2D eigenvalue weighted by Crippen LogP contribution is 2.23. The minimum atomic E-state index is -1.05. The average molecular weight is 364 g/mol. The summed E-state index contributed by atoms with van der Waals surface area (Å²) in [5.41, 5.74) is 0.594. The molecule has 1 saturated heterocycles. The minimum Gasteiger partial charge on any atom is -0.478 e. The molecule has 2 rings (SSSR count). The largest absolute Gasteiger partial charge is 0.478 e. The van der Waals surface area contributed by atoms with Gasteiger partial charge in [-0.1, -0.05) is 32.0 Å². The Morgan fingerprint density at radius 2 is 2.04 bits per heavy atom. The second-order valence-electron chi connectivity index (χ2n) is 6.49. The molecular formula is C18H24N2O4S. The van der Waals surface area contributed by atoms with Gasteiger partial charge in [0.2, 0.25) is 11.8 Å². The van der Waals surface area contributed by atoms with Crippen LogP contribution in [0.5, 0.6) is 0 Å². The Morgan fingerprint density at radius 3 is 2.72 bits per heavy atom. The third-order valence-corrected chi connectivity index (χ3v) is 5.13. The number of carboxylic acid groups (broad SMARTS) is 1. The van der Waals surface area contributed by atoms with Crippen molar-refractivity contribution < 1.29 is 19.5 Å². The zero-order valence-corrected chi connectivity index (χ0v) is 15.3. The van der Waals surface area contributed by atoms with Crippen LogP contribution in [0, 0.1) is 5.92 Å². The van der Waals surface area contributed by atoms with Gasteiger partial charge in [-0.25, -0.2) is 4.79 Å². The topological polar surface area (TPSA) is 86.7 Å². The first-order chi connectivity index (χ1) is 11.9. The van der Waals surface area contributed by atoms with E-state index in [1.54, 1.807) is 23.1 Å². The Kier molecular flexibility index (Phi) is 6.87. The molecule has 1 aromatic rings. The molecule has 0 aromatic heterocycles. The highest BCUT2D eigenvalue weighted by atomic mass is 32.2. The maximum Gasteiger partial charge on any atom is 0.335 e. The Labute approximate surface area is 152 Å². The molecule has 1 aromatic carbocycles. The van der Waals surface area contributed by atoms with Crippen molar-refractivity contribution in [2.75, 3.05) is 18.2 Å². The number of rotatable bonds is 7. The van der Waals surface area contributed by atoms with E-state index in [1.165, 1.54) is 17.8 Å². The van der Waals surface area contributed by atoms with Gasteiger partial charge >= 0.3 is 5.97 Å². The molecule has 7 heteroatoms. The zero-order valence-electron chi connectivity index (χ0n) is 14.5. The molecule has 2 amide bonds. The number of benzene rings is 1. The maximum atomic E-state index is 12.6. The molecule has 1 fully saturated rings. The third-order valence-electron chi connectivity index (χ3n) is 4.12. The summed E-state index contributed by atoms with van der Waals surface area (Å²) in [6.45, 7) is 4.78. The molecular weight excluding hydrogens is 340 g/mol. The molecule has 0 aliphatic carbocycles. The lowest BCUT2D eigenvalue weighted by atomic mass is 10.0. The molecule has 136 valence electrons. The number of hydrogen-bond donors (Lipinski definition) is 2. The van der Waals surface area contributed by atoms with Gasteiger partial charge in [-0.05, 0) is 24.0 Å². The van der Waals surface area contributed by atoms with E-state index in [4.69, 9.17) is 0 Å². The summed E-state index contributed by atoms with van der Waals surface area (Å²) in [6, 6.07) is 5.99. The second-order valence-corrected chi connectivity index (χ2v) is 7.49. The van der Waals surface area contributed by atoms with E-state index in [-0.39, 0.29) is 23.8 Å². The number of aromatic carboxylic acids is 1. The van der Waals surface area contributed by atoms with Gasteiger partial charge in [-0.3, -0.25) is 9.59 Å². The number of thioether (sulfide) groups is 1. The fourth-order valence-electron chi connectivity index (χ4n) is 2.66. The summed E-state index contributed by atoms with van der Waals surface area (Å²) in [5.74, 6) is 0.120. The number of carbonyl (C=O) groups is 3. The lowest BCUT2D eigenvalue weighted by molar-refractivity contribution is -0.137. The number of nitrogens with zero attached hydrogens (tertiary/aromatic N) is 1. The van der Waals surface area contributed by atoms with Crippen LogP contribution >= 0.6 is 11.8 Å². The molecule has 0 bridgehead atoms. The van der Waals surface area contributed by atoms with Crippen molar-refractivity contribution >= 4 is 29.5 Å². The second kappa shape index (κ2) is 8.89. The van der Waals surface area contributed by atoms with Crippen molar-refractivity contribution in [3.05, 3.63) is 35.4 Å². The van der Waals surface area contributed by atoms with Crippen molar-refractivity contribution in [3.8, 4) is 0 Å². The van der Waals surface area contributed by atoms with Crippen LogP contribution in [0.25, 0.3) is 0 Å². The van der Waals surface area contributed by atoms with Crippen LogP contribution in [0.4, 0.5) is 0 Å². The first kappa shape index (κ1) is 19.3. The monoisotopic (exact) mass is 364 g/mol. The summed E-state index contributed by atoms with van der Waals surface area (Å²) in [7, 11) is 0. The standard InChI is InChI=1S/C18H24N2O4S/c1-12(2)7-8-19-17(22)15-10-25-11-20(15)16(21)9-13-5-3-4-6-14(13)18(23)24/h3-6,12,15H,7-11H2,1-2H3,(H,19,22)(H,23,24). The van der Waals surface area contributed by atoms with Crippen LogP contribution < -0.4 is 5.32 Å². The van der Waals surface area contributed by atoms with Crippen LogP contribution in [-0.2, 0) is 16.0 Å². The Morgan fingerprint density at radius 1 is 1.32 bits per heavy atom. The molecule has 0 radical (unpaired) electrons. The number of amides is 2. The van der Waals surface area contributed by atoms with Crippen molar-refractivity contribution in [2.45, 2.75) is 32.7 Å². The van der Waals surface area contributed by atoms with Crippen LogP contribution in [0.1, 0.15) is 36.2 Å². The van der Waals surface area contributed by atoms with E-state index in [2.05, 4.69) is 19.2 Å². The molecule has 1 atom stereocenters. The molecule has 2 N–H and O–H groups in total. The van der Waals surface area contributed by atoms with E-state index < -0.39 is 12.0 Å².